The highest BCUT2D eigenvalue weighted by atomic mass is 16.5. The highest BCUT2D eigenvalue weighted by Crippen LogP contribution is 2.40. The van der Waals surface area contributed by atoms with Crippen molar-refractivity contribution in [3.05, 3.63) is 35.9 Å². The molecule has 1 fully saturated rings. The SMILES string of the molecule is CCOCC(C)NC1CC1c1ccccc1. The van der Waals surface area contributed by atoms with Crippen LogP contribution in [0.4, 0.5) is 0 Å². The molecule has 88 valence electrons. The molecule has 1 aromatic carbocycles. The molecule has 3 atom stereocenters. The van der Waals surface area contributed by atoms with Crippen LogP contribution >= 0.6 is 0 Å². The zero-order valence-electron chi connectivity index (χ0n) is 10.1. The number of hydrogen-bond donors (Lipinski definition) is 1. The van der Waals surface area contributed by atoms with Crippen LogP contribution in [0.2, 0.25) is 0 Å². The second kappa shape index (κ2) is 5.46. The van der Waals surface area contributed by atoms with Crippen LogP contribution in [0.1, 0.15) is 31.7 Å². The fourth-order valence-corrected chi connectivity index (χ4v) is 2.16. The Hall–Kier alpha value is -0.860. The average molecular weight is 219 g/mol. The van der Waals surface area contributed by atoms with Crippen molar-refractivity contribution in [2.75, 3.05) is 13.2 Å². The summed E-state index contributed by atoms with van der Waals surface area (Å²) in [7, 11) is 0. The van der Waals surface area contributed by atoms with E-state index in [1.54, 1.807) is 0 Å². The lowest BCUT2D eigenvalue weighted by Gasteiger charge is -2.13. The first-order valence-corrected chi connectivity index (χ1v) is 6.20. The molecule has 0 saturated heterocycles. The predicted octanol–water partition coefficient (Wildman–Crippen LogP) is 2.56. The Bertz CT molecular complexity index is 312. The topological polar surface area (TPSA) is 21.3 Å². The molecule has 2 rings (SSSR count). The quantitative estimate of drug-likeness (QED) is 0.794. The Balaban J connectivity index is 1.75. The van der Waals surface area contributed by atoms with Crippen LogP contribution in [0.15, 0.2) is 30.3 Å². The predicted molar refractivity (Wildman–Crippen MR) is 66.7 cm³/mol. The van der Waals surface area contributed by atoms with Gasteiger partial charge >= 0.3 is 0 Å². The van der Waals surface area contributed by atoms with Gasteiger partial charge in [0.25, 0.3) is 0 Å². The summed E-state index contributed by atoms with van der Waals surface area (Å²) in [6, 6.07) is 11.9. The van der Waals surface area contributed by atoms with Crippen LogP contribution in [-0.2, 0) is 4.74 Å². The summed E-state index contributed by atoms with van der Waals surface area (Å²) in [5.74, 6) is 0.713. The average Bonchev–Trinajstić information content (AvgIpc) is 3.07. The van der Waals surface area contributed by atoms with Gasteiger partial charge in [0.05, 0.1) is 6.61 Å². The number of hydrogen-bond acceptors (Lipinski definition) is 2. The lowest BCUT2D eigenvalue weighted by atomic mass is 10.1. The van der Waals surface area contributed by atoms with E-state index in [9.17, 15) is 0 Å². The third-order valence-corrected chi connectivity index (χ3v) is 3.09. The Kier molecular flexibility index (Phi) is 3.97. The molecule has 1 aliphatic carbocycles. The lowest BCUT2D eigenvalue weighted by Crippen LogP contribution is -2.33. The fraction of sp³-hybridized carbons (Fsp3) is 0.571. The number of nitrogens with one attached hydrogen (secondary N) is 1. The summed E-state index contributed by atoms with van der Waals surface area (Å²) >= 11 is 0. The Labute approximate surface area is 98.0 Å². The van der Waals surface area contributed by atoms with Crippen molar-refractivity contribution >= 4 is 0 Å². The maximum atomic E-state index is 5.40. The lowest BCUT2D eigenvalue weighted by molar-refractivity contribution is 0.126. The summed E-state index contributed by atoms with van der Waals surface area (Å²) in [5, 5.41) is 3.61. The van der Waals surface area contributed by atoms with E-state index >= 15 is 0 Å². The summed E-state index contributed by atoms with van der Waals surface area (Å²) < 4.78 is 5.40. The second-order valence-electron chi connectivity index (χ2n) is 4.59. The Morgan fingerprint density at radius 1 is 1.38 bits per heavy atom. The Morgan fingerprint density at radius 3 is 2.81 bits per heavy atom. The first kappa shape index (κ1) is 11.6. The second-order valence-corrected chi connectivity index (χ2v) is 4.59. The standard InChI is InChI=1S/C14H21NO/c1-3-16-10-11(2)15-14-9-13(14)12-7-5-4-6-8-12/h4-8,11,13-15H,3,9-10H2,1-2H3. The van der Waals surface area contributed by atoms with Crippen LogP contribution in [0, 0.1) is 0 Å². The van der Waals surface area contributed by atoms with Crippen LogP contribution < -0.4 is 5.32 Å². The molecule has 2 heteroatoms. The first-order valence-electron chi connectivity index (χ1n) is 6.20. The Morgan fingerprint density at radius 2 is 2.12 bits per heavy atom. The van der Waals surface area contributed by atoms with Gasteiger partial charge in [0.1, 0.15) is 0 Å². The van der Waals surface area contributed by atoms with Gasteiger partial charge in [0.15, 0.2) is 0 Å². The molecular formula is C14H21NO. The molecule has 3 unspecified atom stereocenters. The molecule has 2 nitrogen and oxygen atoms in total. The molecule has 1 aromatic rings. The van der Waals surface area contributed by atoms with Crippen LogP contribution in [0.25, 0.3) is 0 Å². The van der Waals surface area contributed by atoms with Crippen LogP contribution in [0.3, 0.4) is 0 Å². The molecule has 0 bridgehead atoms. The van der Waals surface area contributed by atoms with E-state index in [-0.39, 0.29) is 0 Å². The van der Waals surface area contributed by atoms with Crippen molar-refractivity contribution in [2.24, 2.45) is 0 Å². The third kappa shape index (κ3) is 3.06. The number of ether oxygens (including phenoxy) is 1. The van der Waals surface area contributed by atoms with E-state index in [2.05, 4.69) is 42.6 Å². The molecule has 0 heterocycles. The molecule has 1 aliphatic rings. The zero-order chi connectivity index (χ0) is 11.4. The van der Waals surface area contributed by atoms with E-state index in [4.69, 9.17) is 4.74 Å². The monoisotopic (exact) mass is 219 g/mol. The van der Waals surface area contributed by atoms with E-state index in [0.29, 0.717) is 18.0 Å². The summed E-state index contributed by atoms with van der Waals surface area (Å²) in [6.07, 6.45) is 1.26. The number of benzene rings is 1. The third-order valence-electron chi connectivity index (χ3n) is 3.09. The minimum Gasteiger partial charge on any atom is -0.380 e. The maximum absolute atomic E-state index is 5.40. The molecule has 1 N–H and O–H groups in total. The molecule has 1 saturated carbocycles. The highest BCUT2D eigenvalue weighted by molar-refractivity contribution is 5.27. The van der Waals surface area contributed by atoms with Crippen molar-refractivity contribution < 1.29 is 4.74 Å². The van der Waals surface area contributed by atoms with Gasteiger partial charge < -0.3 is 10.1 Å². The summed E-state index contributed by atoms with van der Waals surface area (Å²) in [4.78, 5) is 0. The maximum Gasteiger partial charge on any atom is 0.0616 e. The van der Waals surface area contributed by atoms with Gasteiger partial charge in [-0.15, -0.1) is 0 Å². The van der Waals surface area contributed by atoms with Gasteiger partial charge in [-0.05, 0) is 25.8 Å². The van der Waals surface area contributed by atoms with Gasteiger partial charge in [-0.25, -0.2) is 0 Å². The smallest absolute Gasteiger partial charge is 0.0616 e. The molecule has 0 aromatic heterocycles. The molecule has 0 radical (unpaired) electrons. The van der Waals surface area contributed by atoms with E-state index in [1.807, 2.05) is 6.92 Å². The molecular weight excluding hydrogens is 198 g/mol. The van der Waals surface area contributed by atoms with Crippen molar-refractivity contribution in [1.29, 1.82) is 0 Å². The first-order chi connectivity index (χ1) is 7.81. The van der Waals surface area contributed by atoms with Crippen molar-refractivity contribution in [3.8, 4) is 0 Å². The van der Waals surface area contributed by atoms with E-state index < -0.39 is 0 Å². The van der Waals surface area contributed by atoms with Crippen LogP contribution in [0.5, 0.6) is 0 Å². The zero-order valence-corrected chi connectivity index (χ0v) is 10.1. The minimum atomic E-state index is 0.457. The molecule has 0 amide bonds. The van der Waals surface area contributed by atoms with Gasteiger partial charge in [-0.1, -0.05) is 30.3 Å². The van der Waals surface area contributed by atoms with Crippen LogP contribution in [-0.4, -0.2) is 25.3 Å². The number of rotatable bonds is 6. The van der Waals surface area contributed by atoms with Crippen molar-refractivity contribution in [2.45, 2.75) is 38.3 Å². The van der Waals surface area contributed by atoms with E-state index in [0.717, 1.165) is 13.2 Å². The largest absolute Gasteiger partial charge is 0.380 e. The normalized spacial score (nSPS) is 25.4. The van der Waals surface area contributed by atoms with Gasteiger partial charge in [0, 0.05) is 24.6 Å². The van der Waals surface area contributed by atoms with Crippen molar-refractivity contribution in [3.63, 3.8) is 0 Å². The minimum absolute atomic E-state index is 0.457. The molecule has 16 heavy (non-hydrogen) atoms. The highest BCUT2D eigenvalue weighted by Gasteiger charge is 2.38. The summed E-state index contributed by atoms with van der Waals surface area (Å²) in [5.41, 5.74) is 1.46. The molecule has 0 spiro atoms. The van der Waals surface area contributed by atoms with Gasteiger partial charge in [-0.3, -0.25) is 0 Å². The van der Waals surface area contributed by atoms with Crippen molar-refractivity contribution in [1.82, 2.24) is 5.32 Å². The molecule has 0 aliphatic heterocycles. The fourth-order valence-electron chi connectivity index (χ4n) is 2.16. The summed E-state index contributed by atoms with van der Waals surface area (Å²) in [6.45, 7) is 5.85. The van der Waals surface area contributed by atoms with E-state index in [1.165, 1.54) is 12.0 Å². The van der Waals surface area contributed by atoms with Gasteiger partial charge in [0.2, 0.25) is 0 Å². The van der Waals surface area contributed by atoms with Gasteiger partial charge in [-0.2, -0.15) is 0 Å².